The maximum atomic E-state index is 11.7. The van der Waals surface area contributed by atoms with Crippen molar-refractivity contribution in [2.24, 2.45) is 23.2 Å². The first kappa shape index (κ1) is 18.2. The molecule has 2 rings (SSSR count). The maximum absolute atomic E-state index is 11.7. The molecule has 2 saturated carbocycles. The Morgan fingerprint density at radius 1 is 1.43 bits per heavy atom. The lowest BCUT2D eigenvalue weighted by molar-refractivity contribution is -0.165. The number of aliphatic hydroxyl groups excluding tert-OH is 2. The van der Waals surface area contributed by atoms with Gasteiger partial charge in [0.1, 0.15) is 5.78 Å². The van der Waals surface area contributed by atoms with Gasteiger partial charge in [0, 0.05) is 18.8 Å². The van der Waals surface area contributed by atoms with Gasteiger partial charge < -0.3 is 20.4 Å². The van der Waals surface area contributed by atoms with E-state index in [2.05, 4.69) is 11.8 Å². The van der Waals surface area contributed by atoms with Gasteiger partial charge in [-0.1, -0.05) is 26.0 Å². The number of Topliss-reactive ketones (excluding diaryl/α,β-unsaturated/α-hetero) is 1. The van der Waals surface area contributed by atoms with E-state index in [1.165, 1.54) is 19.9 Å². The average Bonchev–Trinajstić information content (AvgIpc) is 2.83. The third-order valence-electron chi connectivity index (χ3n) is 5.51. The molecule has 2 fully saturated rings. The normalized spacial score (nSPS) is 36.7. The van der Waals surface area contributed by atoms with Crippen LogP contribution < -0.4 is 0 Å². The highest BCUT2D eigenvalue weighted by Gasteiger charge is 2.54. The molecule has 23 heavy (non-hydrogen) atoms. The zero-order valence-electron chi connectivity index (χ0n) is 13.9. The summed E-state index contributed by atoms with van der Waals surface area (Å²) in [5.74, 6) is 1.61. The van der Waals surface area contributed by atoms with E-state index in [-0.39, 0.29) is 23.0 Å². The van der Waals surface area contributed by atoms with Gasteiger partial charge in [0.15, 0.2) is 0 Å². The van der Waals surface area contributed by atoms with Crippen LogP contribution in [0.3, 0.4) is 0 Å². The highest BCUT2D eigenvalue weighted by atomic mass is 16.5. The zero-order chi connectivity index (χ0) is 17.4. The Balaban J connectivity index is 2.10. The van der Waals surface area contributed by atoms with Crippen LogP contribution in [-0.4, -0.2) is 44.2 Å². The second-order valence-corrected chi connectivity index (χ2v) is 7.29. The van der Waals surface area contributed by atoms with Gasteiger partial charge in [-0.3, -0.25) is 4.79 Å². The second kappa shape index (κ2) is 6.37. The number of carbonyl (C=O) groups is 1. The molecule has 0 amide bonds. The molecular weight excluding hydrogens is 296 g/mol. The van der Waals surface area contributed by atoms with Gasteiger partial charge in [0.25, 0.3) is 0 Å². The summed E-state index contributed by atoms with van der Waals surface area (Å²) in [6.45, 7) is 5.01. The molecule has 0 aliphatic heterocycles. The summed E-state index contributed by atoms with van der Waals surface area (Å²) in [6, 6.07) is 0. The van der Waals surface area contributed by atoms with Gasteiger partial charge in [-0.25, -0.2) is 0 Å². The van der Waals surface area contributed by atoms with Gasteiger partial charge in [0.05, 0.1) is 18.1 Å². The molecule has 0 aromatic rings. The minimum Gasteiger partial charge on any atom is -0.392 e. The van der Waals surface area contributed by atoms with Gasteiger partial charge in [-0.15, -0.1) is 5.92 Å². The molecule has 2 aliphatic rings. The summed E-state index contributed by atoms with van der Waals surface area (Å²) in [4.78, 5) is 11.7. The first-order valence-corrected chi connectivity index (χ1v) is 8.05. The van der Waals surface area contributed by atoms with Gasteiger partial charge in [0.2, 0.25) is 5.79 Å². The Bertz CT molecular complexity index is 555. The van der Waals surface area contributed by atoms with Crippen LogP contribution in [0.25, 0.3) is 0 Å². The van der Waals surface area contributed by atoms with Crippen LogP contribution in [-0.2, 0) is 4.79 Å². The van der Waals surface area contributed by atoms with Crippen LogP contribution >= 0.6 is 0 Å². The molecule has 0 radical (unpaired) electrons. The zero-order valence-corrected chi connectivity index (χ0v) is 13.9. The first-order chi connectivity index (χ1) is 10.6. The lowest BCUT2D eigenvalue weighted by Gasteiger charge is -2.27. The Hall–Kier alpha value is -1.19. The predicted octanol–water partition coefficient (Wildman–Crippen LogP) is 0.610. The van der Waals surface area contributed by atoms with E-state index in [0.717, 1.165) is 0 Å². The van der Waals surface area contributed by atoms with Crippen molar-refractivity contribution in [1.29, 1.82) is 0 Å². The summed E-state index contributed by atoms with van der Waals surface area (Å²) in [5.41, 5.74) is -0.173. The molecule has 5 heteroatoms. The van der Waals surface area contributed by atoms with Crippen molar-refractivity contribution < 1.29 is 25.2 Å². The minimum atomic E-state index is -2.27. The Kier molecular flexibility index (Phi) is 5.03. The summed E-state index contributed by atoms with van der Waals surface area (Å²) >= 11 is 0. The Morgan fingerprint density at radius 2 is 2.09 bits per heavy atom. The molecule has 4 N–H and O–H groups in total. The second-order valence-electron chi connectivity index (χ2n) is 7.29. The molecule has 0 aromatic carbocycles. The lowest BCUT2D eigenvalue weighted by atomic mass is 9.80. The van der Waals surface area contributed by atoms with E-state index < -0.39 is 23.9 Å². The van der Waals surface area contributed by atoms with Crippen molar-refractivity contribution in [1.82, 2.24) is 0 Å². The van der Waals surface area contributed by atoms with E-state index >= 15 is 0 Å². The highest BCUT2D eigenvalue weighted by molar-refractivity contribution is 5.82. The standard InChI is InChI=1S/C18H26O5/c1-4-7-18(22,23)11(2)15(20)6-5-13-14-8-12(19)9-17(14,3)10-16(13)21/h5-6,11,13-16,20-23H,8-10H2,1-3H3. The SMILES string of the molecule is CC#CC(O)(O)C(C)C(O)C=CC1C(O)CC2(C)CC(=O)CC12. The smallest absolute Gasteiger partial charge is 0.234 e. The fourth-order valence-electron chi connectivity index (χ4n) is 4.06. The fraction of sp³-hybridized carbons (Fsp3) is 0.722. The first-order valence-electron chi connectivity index (χ1n) is 8.05. The number of ketones is 1. The topological polar surface area (TPSA) is 98.0 Å². The van der Waals surface area contributed by atoms with E-state index in [1.807, 2.05) is 6.92 Å². The number of aliphatic hydroxyl groups is 4. The monoisotopic (exact) mass is 322 g/mol. The van der Waals surface area contributed by atoms with E-state index in [4.69, 9.17) is 0 Å². The summed E-state index contributed by atoms with van der Waals surface area (Å²) in [6.07, 6.45) is 3.08. The van der Waals surface area contributed by atoms with E-state index in [0.29, 0.717) is 19.3 Å². The summed E-state index contributed by atoms with van der Waals surface area (Å²) < 4.78 is 0. The molecule has 0 saturated heterocycles. The third kappa shape index (κ3) is 3.51. The van der Waals surface area contributed by atoms with E-state index in [9.17, 15) is 25.2 Å². The molecule has 0 bridgehead atoms. The van der Waals surface area contributed by atoms with Crippen molar-refractivity contribution in [2.75, 3.05) is 0 Å². The van der Waals surface area contributed by atoms with Crippen molar-refractivity contribution in [2.45, 2.75) is 58.0 Å². The molecule has 2 aliphatic carbocycles. The van der Waals surface area contributed by atoms with E-state index in [1.54, 1.807) is 6.08 Å². The Labute approximate surface area is 137 Å². The van der Waals surface area contributed by atoms with Crippen LogP contribution in [0, 0.1) is 35.0 Å². The fourth-order valence-corrected chi connectivity index (χ4v) is 4.06. The number of fused-ring (bicyclic) bond motifs is 1. The molecule has 6 unspecified atom stereocenters. The molecule has 5 nitrogen and oxygen atoms in total. The van der Waals surface area contributed by atoms with Crippen LogP contribution in [0.15, 0.2) is 12.2 Å². The minimum absolute atomic E-state index is 0.0761. The lowest BCUT2D eigenvalue weighted by Crippen LogP contribution is -2.40. The summed E-state index contributed by atoms with van der Waals surface area (Å²) in [7, 11) is 0. The number of carbonyl (C=O) groups excluding carboxylic acids is 1. The van der Waals surface area contributed by atoms with Crippen molar-refractivity contribution in [3.8, 4) is 11.8 Å². The Morgan fingerprint density at radius 3 is 2.70 bits per heavy atom. The number of rotatable bonds is 4. The molecule has 0 spiro atoms. The van der Waals surface area contributed by atoms with Crippen LogP contribution in [0.1, 0.15) is 40.0 Å². The molecular formula is C18H26O5. The highest BCUT2D eigenvalue weighted by Crippen LogP contribution is 2.55. The predicted molar refractivity (Wildman–Crippen MR) is 84.9 cm³/mol. The average molecular weight is 322 g/mol. The van der Waals surface area contributed by atoms with Gasteiger partial charge in [-0.2, -0.15) is 0 Å². The molecule has 0 aromatic heterocycles. The van der Waals surface area contributed by atoms with Crippen LogP contribution in [0.5, 0.6) is 0 Å². The third-order valence-corrected chi connectivity index (χ3v) is 5.51. The maximum Gasteiger partial charge on any atom is 0.234 e. The van der Waals surface area contributed by atoms with Crippen molar-refractivity contribution >= 4 is 5.78 Å². The molecule has 0 heterocycles. The quantitative estimate of drug-likeness (QED) is 0.345. The van der Waals surface area contributed by atoms with Crippen LogP contribution in [0.2, 0.25) is 0 Å². The van der Waals surface area contributed by atoms with Gasteiger partial charge in [-0.05, 0) is 30.6 Å². The van der Waals surface area contributed by atoms with Gasteiger partial charge >= 0.3 is 0 Å². The largest absolute Gasteiger partial charge is 0.392 e. The molecule has 6 atom stereocenters. The van der Waals surface area contributed by atoms with Crippen LogP contribution in [0.4, 0.5) is 0 Å². The van der Waals surface area contributed by atoms with Crippen molar-refractivity contribution in [3.63, 3.8) is 0 Å². The summed E-state index contributed by atoms with van der Waals surface area (Å²) in [5, 5.41) is 40.1. The number of hydrogen-bond acceptors (Lipinski definition) is 5. The number of hydrogen-bond donors (Lipinski definition) is 4. The van der Waals surface area contributed by atoms with Crippen molar-refractivity contribution in [3.05, 3.63) is 12.2 Å². The molecule has 128 valence electrons.